The fourth-order valence-electron chi connectivity index (χ4n) is 2.31. The minimum atomic E-state index is -0.470. The van der Waals surface area contributed by atoms with Crippen molar-refractivity contribution < 1.29 is 9.72 Å². The number of nitrogens with one attached hydrogen (secondary N) is 1. The Morgan fingerprint density at radius 3 is 2.68 bits per heavy atom. The number of carbonyl (C=O) groups excluding carboxylic acids is 1. The van der Waals surface area contributed by atoms with Crippen LogP contribution in [0.3, 0.4) is 0 Å². The van der Waals surface area contributed by atoms with Crippen molar-refractivity contribution in [2.75, 3.05) is 5.32 Å². The molecule has 0 aliphatic rings. The van der Waals surface area contributed by atoms with E-state index in [1.165, 1.54) is 18.3 Å². The second-order valence-electron chi connectivity index (χ2n) is 5.13. The first-order chi connectivity index (χ1) is 12.1. The third-order valence-corrected chi connectivity index (χ3v) is 4.42. The van der Waals surface area contributed by atoms with Gasteiger partial charge in [-0.2, -0.15) is 0 Å². The quantitative estimate of drug-likeness (QED) is 0.447. The van der Waals surface area contributed by atoms with Crippen LogP contribution in [0.2, 0.25) is 0 Å². The van der Waals surface area contributed by atoms with Gasteiger partial charge >= 0.3 is 0 Å². The number of benzene rings is 2. The number of para-hydroxylation sites is 2. The minimum Gasteiger partial charge on any atom is -0.296 e. The van der Waals surface area contributed by atoms with Crippen LogP contribution >= 0.6 is 11.3 Å². The van der Waals surface area contributed by atoms with Gasteiger partial charge in [0.2, 0.25) is 0 Å². The highest BCUT2D eigenvalue weighted by Gasteiger charge is 2.14. The highest BCUT2D eigenvalue weighted by Crippen LogP contribution is 2.29. The van der Waals surface area contributed by atoms with Crippen molar-refractivity contribution in [3.63, 3.8) is 0 Å². The van der Waals surface area contributed by atoms with Gasteiger partial charge in [-0.1, -0.05) is 23.5 Å². The molecule has 0 atom stereocenters. The van der Waals surface area contributed by atoms with E-state index in [0.717, 1.165) is 11.3 Å². The van der Waals surface area contributed by atoms with Gasteiger partial charge in [-0.05, 0) is 18.2 Å². The molecule has 0 saturated carbocycles. The molecule has 2 aromatic carbocycles. The Morgan fingerprint density at radius 2 is 1.88 bits per heavy atom. The highest BCUT2D eigenvalue weighted by atomic mass is 32.1. The molecule has 0 radical (unpaired) electrons. The van der Waals surface area contributed by atoms with E-state index in [1.54, 1.807) is 12.1 Å². The predicted octanol–water partition coefficient (Wildman–Crippen LogP) is 3.40. The van der Waals surface area contributed by atoms with E-state index in [4.69, 9.17) is 0 Å². The minimum absolute atomic E-state index is 0.0191. The summed E-state index contributed by atoms with van der Waals surface area (Å²) in [6.45, 7) is 0. The summed E-state index contributed by atoms with van der Waals surface area (Å²) in [6.07, 6.45) is 1.40. The molecule has 0 spiro atoms. The molecule has 2 heterocycles. The standard InChI is InChI=1S/C16H9N5O3S/c22-15(13-8-17-10-3-1-2-4-11(10)18-13)20-16-19-12-6-5-9(21(23)24)7-14(12)25-16/h1-8H,(H,19,20,22). The molecule has 0 fully saturated rings. The lowest BCUT2D eigenvalue weighted by Crippen LogP contribution is -2.13. The van der Waals surface area contributed by atoms with E-state index >= 15 is 0 Å². The zero-order valence-corrected chi connectivity index (χ0v) is 13.4. The highest BCUT2D eigenvalue weighted by molar-refractivity contribution is 7.22. The monoisotopic (exact) mass is 351 g/mol. The first-order valence-corrected chi connectivity index (χ1v) is 8.00. The van der Waals surface area contributed by atoms with E-state index in [2.05, 4.69) is 20.3 Å². The molecule has 0 saturated heterocycles. The second-order valence-corrected chi connectivity index (χ2v) is 6.16. The fourth-order valence-corrected chi connectivity index (χ4v) is 3.20. The van der Waals surface area contributed by atoms with Gasteiger partial charge < -0.3 is 0 Å². The SMILES string of the molecule is O=C(Nc1nc2ccc([N+](=O)[O-])cc2s1)c1cnc2ccccc2n1. The summed E-state index contributed by atoms with van der Waals surface area (Å²) in [5.41, 5.74) is 2.05. The molecule has 0 aliphatic carbocycles. The van der Waals surface area contributed by atoms with E-state index in [-0.39, 0.29) is 11.4 Å². The maximum atomic E-state index is 12.4. The van der Waals surface area contributed by atoms with Gasteiger partial charge in [0.1, 0.15) is 5.69 Å². The van der Waals surface area contributed by atoms with Crippen molar-refractivity contribution >= 4 is 49.3 Å². The Morgan fingerprint density at radius 1 is 1.08 bits per heavy atom. The number of carbonyl (C=O) groups is 1. The summed E-state index contributed by atoms with van der Waals surface area (Å²) in [4.78, 5) is 35.4. The first-order valence-electron chi connectivity index (χ1n) is 7.18. The van der Waals surface area contributed by atoms with Crippen LogP contribution < -0.4 is 5.32 Å². The van der Waals surface area contributed by atoms with Crippen LogP contribution in [0.4, 0.5) is 10.8 Å². The summed E-state index contributed by atoms with van der Waals surface area (Å²) >= 11 is 1.16. The lowest BCUT2D eigenvalue weighted by Gasteiger charge is -2.02. The van der Waals surface area contributed by atoms with Gasteiger partial charge in [-0.15, -0.1) is 0 Å². The second kappa shape index (κ2) is 5.87. The number of hydrogen-bond donors (Lipinski definition) is 1. The molecule has 0 aliphatic heterocycles. The zero-order chi connectivity index (χ0) is 17.4. The molecule has 4 rings (SSSR count). The number of nitrogens with zero attached hydrogens (tertiary/aromatic N) is 4. The summed E-state index contributed by atoms with van der Waals surface area (Å²) in [5.74, 6) is -0.438. The summed E-state index contributed by atoms with van der Waals surface area (Å²) < 4.78 is 0.620. The topological polar surface area (TPSA) is 111 Å². The molecule has 4 aromatic rings. The third kappa shape index (κ3) is 2.88. The average Bonchev–Trinajstić information content (AvgIpc) is 3.02. The Kier molecular flexibility index (Phi) is 3.55. The number of hydrogen-bond acceptors (Lipinski definition) is 7. The average molecular weight is 351 g/mol. The molecule has 25 heavy (non-hydrogen) atoms. The molecular weight excluding hydrogens is 342 g/mol. The maximum absolute atomic E-state index is 12.4. The Bertz CT molecular complexity index is 1140. The number of rotatable bonds is 3. The van der Waals surface area contributed by atoms with Crippen molar-refractivity contribution in [2.24, 2.45) is 0 Å². The molecule has 122 valence electrons. The zero-order valence-electron chi connectivity index (χ0n) is 12.5. The van der Waals surface area contributed by atoms with E-state index in [1.807, 2.05) is 18.2 Å². The Hall–Kier alpha value is -3.46. The number of thiazole rings is 1. The number of aromatic nitrogens is 3. The number of anilines is 1. The Balaban J connectivity index is 1.62. The smallest absolute Gasteiger partial charge is 0.277 e. The maximum Gasteiger partial charge on any atom is 0.277 e. The van der Waals surface area contributed by atoms with Crippen molar-refractivity contribution in [3.8, 4) is 0 Å². The lowest BCUT2D eigenvalue weighted by atomic mass is 10.3. The van der Waals surface area contributed by atoms with Gasteiger partial charge in [-0.25, -0.2) is 9.97 Å². The number of amides is 1. The normalized spacial score (nSPS) is 10.9. The van der Waals surface area contributed by atoms with Gasteiger partial charge in [0.25, 0.3) is 11.6 Å². The van der Waals surface area contributed by atoms with Crippen LogP contribution in [0.1, 0.15) is 10.5 Å². The van der Waals surface area contributed by atoms with Gasteiger partial charge in [0.05, 0.1) is 32.4 Å². The third-order valence-electron chi connectivity index (χ3n) is 3.48. The van der Waals surface area contributed by atoms with Crippen molar-refractivity contribution in [1.29, 1.82) is 0 Å². The van der Waals surface area contributed by atoms with E-state index < -0.39 is 10.8 Å². The van der Waals surface area contributed by atoms with Gasteiger partial charge in [0, 0.05) is 12.1 Å². The van der Waals surface area contributed by atoms with E-state index in [9.17, 15) is 14.9 Å². The van der Waals surface area contributed by atoms with Crippen LogP contribution in [0.25, 0.3) is 21.3 Å². The molecule has 0 bridgehead atoms. The van der Waals surface area contributed by atoms with Crippen LogP contribution in [-0.2, 0) is 0 Å². The predicted molar refractivity (Wildman–Crippen MR) is 93.8 cm³/mol. The first kappa shape index (κ1) is 15.1. The van der Waals surface area contributed by atoms with Gasteiger partial charge in [0.15, 0.2) is 5.13 Å². The van der Waals surface area contributed by atoms with Crippen molar-refractivity contribution in [3.05, 3.63) is 64.5 Å². The lowest BCUT2D eigenvalue weighted by molar-refractivity contribution is -0.384. The van der Waals surface area contributed by atoms with E-state index in [0.29, 0.717) is 26.4 Å². The molecule has 1 amide bonds. The molecular formula is C16H9N5O3S. The van der Waals surface area contributed by atoms with Gasteiger partial charge in [-0.3, -0.25) is 25.2 Å². The molecule has 0 unspecified atom stereocenters. The van der Waals surface area contributed by atoms with Crippen LogP contribution in [0, 0.1) is 10.1 Å². The number of non-ortho nitro benzene ring substituents is 1. The number of nitro benzene ring substituents is 1. The van der Waals surface area contributed by atoms with Crippen LogP contribution in [-0.4, -0.2) is 25.8 Å². The summed E-state index contributed by atoms with van der Waals surface area (Å²) in [6, 6.07) is 11.6. The summed E-state index contributed by atoms with van der Waals surface area (Å²) in [7, 11) is 0. The van der Waals surface area contributed by atoms with Crippen LogP contribution in [0.15, 0.2) is 48.7 Å². The molecule has 8 nitrogen and oxygen atoms in total. The number of nitro groups is 1. The summed E-state index contributed by atoms with van der Waals surface area (Å²) in [5, 5.41) is 13.8. The molecule has 9 heteroatoms. The Labute approximate surface area is 144 Å². The molecule has 2 aromatic heterocycles. The molecule has 1 N–H and O–H groups in total. The largest absolute Gasteiger partial charge is 0.296 e. The van der Waals surface area contributed by atoms with Crippen molar-refractivity contribution in [1.82, 2.24) is 15.0 Å². The van der Waals surface area contributed by atoms with Crippen LogP contribution in [0.5, 0.6) is 0 Å². The fraction of sp³-hybridized carbons (Fsp3) is 0. The van der Waals surface area contributed by atoms with Crippen molar-refractivity contribution in [2.45, 2.75) is 0 Å². The number of fused-ring (bicyclic) bond motifs is 2.